The predicted octanol–water partition coefficient (Wildman–Crippen LogP) is 4.09. The van der Waals surface area contributed by atoms with Crippen molar-refractivity contribution >= 4 is 0 Å². The second-order valence-electron chi connectivity index (χ2n) is 5.33. The van der Waals surface area contributed by atoms with Gasteiger partial charge in [0.15, 0.2) is 5.69 Å². The average molecular weight is 346 g/mol. The Balaban J connectivity index is 1.96. The summed E-state index contributed by atoms with van der Waals surface area (Å²) >= 11 is 0. The van der Waals surface area contributed by atoms with Gasteiger partial charge in [-0.05, 0) is 35.4 Å². The number of hydrogen-bond donors (Lipinski definition) is 1. The number of nitrogens with one attached hydrogen (secondary N) is 1. The van der Waals surface area contributed by atoms with Gasteiger partial charge >= 0.3 is 6.18 Å². The Bertz CT molecular complexity index is 954. The molecule has 0 atom stereocenters. The Morgan fingerprint density at radius 3 is 2.64 bits per heavy atom. The molecule has 1 aromatic heterocycles. The minimum Gasteiger partial charge on any atom is -0.247 e. The van der Waals surface area contributed by atoms with E-state index in [1.165, 1.54) is 30.3 Å². The van der Waals surface area contributed by atoms with E-state index in [1.807, 2.05) is 6.07 Å². The van der Waals surface area contributed by atoms with Crippen molar-refractivity contribution in [3.63, 3.8) is 0 Å². The molecule has 0 saturated carbocycles. The number of nitriles is 1. The maximum atomic E-state index is 14.1. The first-order valence-electron chi connectivity index (χ1n) is 7.14. The van der Waals surface area contributed by atoms with E-state index in [-0.39, 0.29) is 23.4 Å². The summed E-state index contributed by atoms with van der Waals surface area (Å²) in [5.74, 6) is -0.553. The molecule has 0 aliphatic rings. The number of aromatic amines is 1. The maximum Gasteiger partial charge on any atom is 0.416 e. The summed E-state index contributed by atoms with van der Waals surface area (Å²) in [5.41, 5.74) is 0.568. The molecule has 1 N–H and O–H groups in total. The number of benzene rings is 2. The topological polar surface area (TPSA) is 65.4 Å². The molecule has 3 aromatic rings. The molecule has 0 saturated heterocycles. The molecule has 4 nitrogen and oxygen atoms in total. The normalized spacial score (nSPS) is 11.3. The molecule has 0 amide bonds. The van der Waals surface area contributed by atoms with Crippen LogP contribution in [0.5, 0.6) is 0 Å². The van der Waals surface area contributed by atoms with Gasteiger partial charge in [-0.3, -0.25) is 0 Å². The van der Waals surface area contributed by atoms with Crippen molar-refractivity contribution in [3.05, 3.63) is 70.7 Å². The first-order chi connectivity index (χ1) is 11.9. The molecule has 0 aliphatic carbocycles. The van der Waals surface area contributed by atoms with Gasteiger partial charge in [-0.2, -0.15) is 18.4 Å². The summed E-state index contributed by atoms with van der Waals surface area (Å²) in [5, 5.41) is 18.7. The van der Waals surface area contributed by atoms with Crippen LogP contribution in [0, 0.1) is 17.1 Å². The molecule has 0 radical (unpaired) electrons. The van der Waals surface area contributed by atoms with Crippen molar-refractivity contribution in [2.45, 2.75) is 12.6 Å². The number of H-pyrrole nitrogens is 1. The highest BCUT2D eigenvalue weighted by Gasteiger charge is 2.30. The Labute approximate surface area is 139 Å². The van der Waals surface area contributed by atoms with Gasteiger partial charge in [0.25, 0.3) is 0 Å². The lowest BCUT2D eigenvalue weighted by Crippen LogP contribution is -2.05. The van der Waals surface area contributed by atoms with Gasteiger partial charge in [-0.25, -0.2) is 9.49 Å². The highest BCUT2D eigenvalue weighted by molar-refractivity contribution is 5.65. The SMILES string of the molecule is N#Cc1[nH]nnc1-c1ccc(F)c(Cc2cccc(C(F)(F)F)c2)c1. The van der Waals surface area contributed by atoms with Crippen molar-refractivity contribution in [3.8, 4) is 17.3 Å². The highest BCUT2D eigenvalue weighted by Crippen LogP contribution is 2.30. The Morgan fingerprint density at radius 2 is 1.92 bits per heavy atom. The third-order valence-electron chi connectivity index (χ3n) is 3.63. The fraction of sp³-hybridized carbons (Fsp3) is 0.118. The zero-order chi connectivity index (χ0) is 18.0. The van der Waals surface area contributed by atoms with Crippen molar-refractivity contribution in [1.82, 2.24) is 15.4 Å². The molecule has 8 heteroatoms. The van der Waals surface area contributed by atoms with Crippen LogP contribution >= 0.6 is 0 Å². The number of halogens is 4. The van der Waals surface area contributed by atoms with Gasteiger partial charge in [0.05, 0.1) is 5.56 Å². The first-order valence-corrected chi connectivity index (χ1v) is 7.14. The number of hydrogen-bond acceptors (Lipinski definition) is 3. The van der Waals surface area contributed by atoms with Crippen LogP contribution in [0.15, 0.2) is 42.5 Å². The predicted molar refractivity (Wildman–Crippen MR) is 80.7 cm³/mol. The van der Waals surface area contributed by atoms with Gasteiger partial charge in [0, 0.05) is 12.0 Å². The number of rotatable bonds is 3. The van der Waals surface area contributed by atoms with Crippen LogP contribution in [0.1, 0.15) is 22.4 Å². The fourth-order valence-corrected chi connectivity index (χ4v) is 2.44. The molecule has 0 unspecified atom stereocenters. The molecule has 0 aliphatic heterocycles. The van der Waals surface area contributed by atoms with E-state index in [2.05, 4.69) is 15.4 Å². The maximum absolute atomic E-state index is 14.1. The second kappa shape index (κ2) is 6.36. The third-order valence-corrected chi connectivity index (χ3v) is 3.63. The summed E-state index contributed by atoms with van der Waals surface area (Å²) < 4.78 is 52.5. The minimum absolute atomic E-state index is 0.0245. The van der Waals surface area contributed by atoms with E-state index in [0.29, 0.717) is 11.1 Å². The van der Waals surface area contributed by atoms with Gasteiger partial charge in [0.2, 0.25) is 0 Å². The smallest absolute Gasteiger partial charge is 0.247 e. The van der Waals surface area contributed by atoms with E-state index >= 15 is 0 Å². The van der Waals surface area contributed by atoms with Gasteiger partial charge in [-0.15, -0.1) is 5.10 Å². The molecule has 2 aromatic carbocycles. The largest absolute Gasteiger partial charge is 0.416 e. The van der Waals surface area contributed by atoms with Gasteiger partial charge in [0.1, 0.15) is 17.6 Å². The van der Waals surface area contributed by atoms with E-state index < -0.39 is 17.6 Å². The van der Waals surface area contributed by atoms with Crippen LogP contribution in [0.3, 0.4) is 0 Å². The lowest BCUT2D eigenvalue weighted by molar-refractivity contribution is -0.137. The summed E-state index contributed by atoms with van der Waals surface area (Å²) in [4.78, 5) is 0. The van der Waals surface area contributed by atoms with Gasteiger partial charge < -0.3 is 0 Å². The second-order valence-corrected chi connectivity index (χ2v) is 5.33. The van der Waals surface area contributed by atoms with Gasteiger partial charge in [-0.1, -0.05) is 23.4 Å². The standard InChI is InChI=1S/C17H10F4N4/c18-14-5-4-11(16-15(9-22)23-25-24-16)8-12(14)6-10-2-1-3-13(7-10)17(19,20)21/h1-5,7-8H,6H2,(H,23,24,25). The zero-order valence-corrected chi connectivity index (χ0v) is 12.6. The minimum atomic E-state index is -4.46. The molecular formula is C17H10F4N4. The average Bonchev–Trinajstić information content (AvgIpc) is 3.05. The molecule has 3 rings (SSSR count). The van der Waals surface area contributed by atoms with Crippen LogP contribution in [-0.2, 0) is 12.6 Å². The third kappa shape index (κ3) is 3.50. The summed E-state index contributed by atoms with van der Waals surface area (Å²) in [6, 6.07) is 10.7. The molecule has 0 fully saturated rings. The van der Waals surface area contributed by atoms with Crippen molar-refractivity contribution in [1.29, 1.82) is 5.26 Å². The fourth-order valence-electron chi connectivity index (χ4n) is 2.44. The molecule has 1 heterocycles. The van der Waals surface area contributed by atoms with E-state index in [9.17, 15) is 17.6 Å². The zero-order valence-electron chi connectivity index (χ0n) is 12.6. The number of aromatic nitrogens is 3. The lowest BCUT2D eigenvalue weighted by atomic mass is 9.99. The van der Waals surface area contributed by atoms with Crippen LogP contribution in [0.25, 0.3) is 11.3 Å². The van der Waals surface area contributed by atoms with Crippen molar-refractivity contribution in [2.75, 3.05) is 0 Å². The molecule has 25 heavy (non-hydrogen) atoms. The van der Waals surface area contributed by atoms with Crippen molar-refractivity contribution in [2.24, 2.45) is 0 Å². The summed E-state index contributed by atoms with van der Waals surface area (Å²) in [7, 11) is 0. The van der Waals surface area contributed by atoms with Crippen LogP contribution < -0.4 is 0 Å². The van der Waals surface area contributed by atoms with Crippen LogP contribution in [0.4, 0.5) is 17.6 Å². The Morgan fingerprint density at radius 1 is 1.12 bits per heavy atom. The highest BCUT2D eigenvalue weighted by atomic mass is 19.4. The van der Waals surface area contributed by atoms with E-state index in [1.54, 1.807) is 0 Å². The molecule has 126 valence electrons. The lowest BCUT2D eigenvalue weighted by Gasteiger charge is -2.10. The quantitative estimate of drug-likeness (QED) is 0.727. The molecule has 0 spiro atoms. The first kappa shape index (κ1) is 16.6. The van der Waals surface area contributed by atoms with E-state index in [4.69, 9.17) is 5.26 Å². The summed E-state index contributed by atoms with van der Waals surface area (Å²) in [6.45, 7) is 0. The number of nitrogens with zero attached hydrogens (tertiary/aromatic N) is 3. The Hall–Kier alpha value is -3.21. The Kier molecular flexibility index (Phi) is 4.23. The van der Waals surface area contributed by atoms with E-state index in [0.717, 1.165) is 12.1 Å². The number of alkyl halides is 3. The van der Waals surface area contributed by atoms with Crippen LogP contribution in [0.2, 0.25) is 0 Å². The van der Waals surface area contributed by atoms with Crippen molar-refractivity contribution < 1.29 is 17.6 Å². The molecular weight excluding hydrogens is 336 g/mol. The van der Waals surface area contributed by atoms with Crippen LogP contribution in [-0.4, -0.2) is 15.4 Å². The monoisotopic (exact) mass is 346 g/mol. The molecule has 0 bridgehead atoms. The summed E-state index contributed by atoms with van der Waals surface area (Å²) in [6.07, 6.45) is -4.48.